The second kappa shape index (κ2) is 6.55. The molecule has 0 N–H and O–H groups in total. The van der Waals surface area contributed by atoms with Crippen LogP contribution in [-0.4, -0.2) is 4.98 Å². The lowest BCUT2D eigenvalue weighted by Gasteiger charge is -2.09. The number of nitriles is 1. The third-order valence-corrected chi connectivity index (χ3v) is 4.13. The molecule has 0 spiro atoms. The van der Waals surface area contributed by atoms with Crippen molar-refractivity contribution in [2.75, 3.05) is 0 Å². The minimum absolute atomic E-state index is 0.0967. The van der Waals surface area contributed by atoms with Gasteiger partial charge in [-0.25, -0.2) is 9.37 Å². The summed E-state index contributed by atoms with van der Waals surface area (Å²) < 4.78 is 51.1. The fraction of sp³-hybridized carbons (Fsp3) is 0.143. The maximum absolute atomic E-state index is 13.6. The van der Waals surface area contributed by atoms with Crippen LogP contribution in [0.2, 0.25) is 5.02 Å². The fourth-order valence-corrected chi connectivity index (χ4v) is 2.76. The number of aromatic nitrogens is 1. The van der Waals surface area contributed by atoms with Crippen molar-refractivity contribution in [2.45, 2.75) is 17.0 Å². The van der Waals surface area contributed by atoms with Gasteiger partial charge < -0.3 is 0 Å². The highest BCUT2D eigenvalue weighted by Crippen LogP contribution is 2.34. The number of hydrogen-bond donors (Lipinski definition) is 0. The van der Waals surface area contributed by atoms with Gasteiger partial charge in [0.05, 0.1) is 22.2 Å². The molecule has 2 aromatic rings. The maximum atomic E-state index is 13.6. The average molecular weight is 347 g/mol. The smallest absolute Gasteiger partial charge is 0.248 e. The second-order valence-corrected chi connectivity index (χ2v) is 5.59. The van der Waals surface area contributed by atoms with Crippen molar-refractivity contribution in [3.8, 4) is 6.07 Å². The molecule has 0 fully saturated rings. The number of hydrogen-bond acceptors (Lipinski definition) is 3. The molecule has 0 atom stereocenters. The lowest BCUT2D eigenvalue weighted by atomic mass is 10.1. The monoisotopic (exact) mass is 346 g/mol. The lowest BCUT2D eigenvalue weighted by molar-refractivity contribution is -0.137. The molecule has 1 aromatic carbocycles. The summed E-state index contributed by atoms with van der Waals surface area (Å²) in [5.41, 5.74) is -0.398. The van der Waals surface area contributed by atoms with Crippen LogP contribution in [0.4, 0.5) is 17.6 Å². The van der Waals surface area contributed by atoms with E-state index >= 15 is 0 Å². The molecule has 0 amide bonds. The first-order chi connectivity index (χ1) is 10.3. The average Bonchev–Trinajstić information content (AvgIpc) is 2.46. The summed E-state index contributed by atoms with van der Waals surface area (Å²) in [6.45, 7) is 0. The number of rotatable bonds is 3. The quantitative estimate of drug-likeness (QED) is 0.576. The first-order valence-electron chi connectivity index (χ1n) is 5.85. The van der Waals surface area contributed by atoms with Crippen LogP contribution in [-0.2, 0) is 11.9 Å². The topological polar surface area (TPSA) is 36.7 Å². The third-order valence-electron chi connectivity index (χ3n) is 2.67. The van der Waals surface area contributed by atoms with E-state index in [1.54, 1.807) is 0 Å². The van der Waals surface area contributed by atoms with Crippen LogP contribution in [0.3, 0.4) is 0 Å². The molecule has 0 bridgehead atoms. The standard InChI is InChI=1S/C14H7ClF4N2S/c15-11-4-10(14(17,18)19)6-21-13(11)22-7-9-3-8(5-20)1-2-12(9)16/h1-4,6H,7H2. The van der Waals surface area contributed by atoms with Gasteiger partial charge in [0.15, 0.2) is 0 Å². The Morgan fingerprint density at radius 2 is 2.00 bits per heavy atom. The van der Waals surface area contributed by atoms with E-state index in [0.717, 1.165) is 23.9 Å². The molecule has 1 aromatic heterocycles. The third kappa shape index (κ3) is 3.90. The molecule has 0 unspecified atom stereocenters. The molecule has 2 nitrogen and oxygen atoms in total. The summed E-state index contributed by atoms with van der Waals surface area (Å²) in [7, 11) is 0. The zero-order valence-corrected chi connectivity index (χ0v) is 12.4. The van der Waals surface area contributed by atoms with Gasteiger partial charge in [-0.2, -0.15) is 18.4 Å². The van der Waals surface area contributed by atoms with E-state index in [1.165, 1.54) is 12.1 Å². The Morgan fingerprint density at radius 3 is 2.59 bits per heavy atom. The summed E-state index contributed by atoms with van der Waals surface area (Å²) in [6, 6.07) is 6.54. The van der Waals surface area contributed by atoms with Gasteiger partial charge in [0.1, 0.15) is 10.8 Å². The van der Waals surface area contributed by atoms with Gasteiger partial charge in [0, 0.05) is 11.9 Å². The van der Waals surface area contributed by atoms with Crippen LogP contribution in [0.5, 0.6) is 0 Å². The minimum Gasteiger partial charge on any atom is -0.248 e. The zero-order chi connectivity index (χ0) is 16.3. The number of alkyl halides is 3. The van der Waals surface area contributed by atoms with Crippen molar-refractivity contribution in [1.82, 2.24) is 4.98 Å². The van der Waals surface area contributed by atoms with Crippen LogP contribution >= 0.6 is 23.4 Å². The SMILES string of the molecule is N#Cc1ccc(F)c(CSc2ncc(C(F)(F)F)cc2Cl)c1. The molecule has 8 heteroatoms. The first-order valence-corrected chi connectivity index (χ1v) is 7.21. The molecule has 2 rings (SSSR count). The molecular weight excluding hydrogens is 340 g/mol. The highest BCUT2D eigenvalue weighted by molar-refractivity contribution is 7.98. The zero-order valence-electron chi connectivity index (χ0n) is 10.8. The van der Waals surface area contributed by atoms with Crippen LogP contribution in [0.25, 0.3) is 0 Å². The lowest BCUT2D eigenvalue weighted by Crippen LogP contribution is -2.05. The van der Waals surface area contributed by atoms with Gasteiger partial charge in [0.2, 0.25) is 0 Å². The number of halogens is 5. The molecule has 0 radical (unpaired) electrons. The number of thioether (sulfide) groups is 1. The van der Waals surface area contributed by atoms with Crippen molar-refractivity contribution in [3.63, 3.8) is 0 Å². The fourth-order valence-electron chi connectivity index (χ4n) is 1.59. The molecule has 0 saturated carbocycles. The van der Waals surface area contributed by atoms with Crippen molar-refractivity contribution in [1.29, 1.82) is 5.26 Å². The van der Waals surface area contributed by atoms with E-state index in [1.807, 2.05) is 6.07 Å². The Hall–Kier alpha value is -1.78. The van der Waals surface area contributed by atoms with Crippen LogP contribution in [0.1, 0.15) is 16.7 Å². The number of pyridine rings is 1. The molecule has 0 aliphatic carbocycles. The highest BCUT2D eigenvalue weighted by Gasteiger charge is 2.31. The summed E-state index contributed by atoms with van der Waals surface area (Å²) in [5, 5.41) is 8.78. The molecule has 1 heterocycles. The molecule has 0 aliphatic rings. The minimum atomic E-state index is -4.52. The largest absolute Gasteiger partial charge is 0.417 e. The maximum Gasteiger partial charge on any atom is 0.417 e. The van der Waals surface area contributed by atoms with Gasteiger partial charge in [-0.15, -0.1) is 11.8 Å². The number of nitrogens with zero attached hydrogens (tertiary/aromatic N) is 2. The van der Waals surface area contributed by atoms with Crippen LogP contribution < -0.4 is 0 Å². The molecule has 114 valence electrons. The van der Waals surface area contributed by atoms with Gasteiger partial charge in [-0.1, -0.05) is 11.6 Å². The Bertz CT molecular complexity index is 741. The van der Waals surface area contributed by atoms with Crippen LogP contribution in [0.15, 0.2) is 35.5 Å². The Kier molecular flexibility index (Phi) is 4.94. The highest BCUT2D eigenvalue weighted by atomic mass is 35.5. The summed E-state index contributed by atoms with van der Waals surface area (Å²) in [4.78, 5) is 3.66. The van der Waals surface area contributed by atoms with E-state index in [0.29, 0.717) is 11.8 Å². The Morgan fingerprint density at radius 1 is 1.27 bits per heavy atom. The first kappa shape index (κ1) is 16.6. The summed E-state index contributed by atoms with van der Waals surface area (Å²) in [5.74, 6) is -0.408. The number of benzene rings is 1. The second-order valence-electron chi connectivity index (χ2n) is 4.22. The van der Waals surface area contributed by atoms with Gasteiger partial charge >= 0.3 is 6.18 Å². The molecular formula is C14H7ClF4N2S. The van der Waals surface area contributed by atoms with E-state index < -0.39 is 17.6 Å². The predicted molar refractivity (Wildman–Crippen MR) is 74.9 cm³/mol. The predicted octanol–water partition coefficient (Wildman–Crippen LogP) is 5.06. The van der Waals surface area contributed by atoms with E-state index in [-0.39, 0.29) is 21.4 Å². The van der Waals surface area contributed by atoms with Crippen molar-refractivity contribution >= 4 is 23.4 Å². The van der Waals surface area contributed by atoms with E-state index in [9.17, 15) is 17.6 Å². The molecule has 0 aliphatic heterocycles. The van der Waals surface area contributed by atoms with Crippen molar-refractivity contribution < 1.29 is 17.6 Å². The summed E-state index contributed by atoms with van der Waals surface area (Å²) in [6.07, 6.45) is -3.84. The van der Waals surface area contributed by atoms with Gasteiger partial charge in [-0.3, -0.25) is 0 Å². The summed E-state index contributed by atoms with van der Waals surface area (Å²) >= 11 is 6.76. The molecule has 22 heavy (non-hydrogen) atoms. The Balaban J connectivity index is 2.17. The normalized spacial score (nSPS) is 11.3. The van der Waals surface area contributed by atoms with Crippen LogP contribution in [0, 0.1) is 17.1 Å². The van der Waals surface area contributed by atoms with Crippen molar-refractivity contribution in [2.24, 2.45) is 0 Å². The van der Waals surface area contributed by atoms with Gasteiger partial charge in [0.25, 0.3) is 0 Å². The molecule has 0 saturated heterocycles. The van der Waals surface area contributed by atoms with Crippen molar-refractivity contribution in [3.05, 3.63) is 58.0 Å². The van der Waals surface area contributed by atoms with E-state index in [2.05, 4.69) is 4.98 Å². The Labute approximate surface area is 132 Å². The van der Waals surface area contributed by atoms with E-state index in [4.69, 9.17) is 16.9 Å². The van der Waals surface area contributed by atoms with Gasteiger partial charge in [-0.05, 0) is 29.8 Å².